The second-order valence-corrected chi connectivity index (χ2v) is 2.58. The molecule has 4 N–H and O–H groups in total. The van der Waals surface area contributed by atoms with Gasteiger partial charge in [-0.25, -0.2) is 4.79 Å². The number of aromatic hydroxyl groups is 1. The van der Waals surface area contributed by atoms with E-state index in [9.17, 15) is 14.7 Å². The van der Waals surface area contributed by atoms with Gasteiger partial charge in [-0.3, -0.25) is 4.79 Å². The Morgan fingerprint density at radius 3 is 2.77 bits per heavy atom. The van der Waals surface area contributed by atoms with Gasteiger partial charge in [-0.05, 0) is 6.92 Å². The van der Waals surface area contributed by atoms with Crippen molar-refractivity contribution in [2.24, 2.45) is 0 Å². The van der Waals surface area contributed by atoms with Gasteiger partial charge < -0.3 is 15.3 Å². The van der Waals surface area contributed by atoms with E-state index >= 15 is 0 Å². The monoisotopic (exact) mass is 184 g/mol. The normalized spacial score (nSPS) is 10.0. The van der Waals surface area contributed by atoms with E-state index < -0.39 is 11.4 Å². The third-order valence-corrected chi connectivity index (χ3v) is 1.56. The maximum atomic E-state index is 11.1. The van der Waals surface area contributed by atoms with Gasteiger partial charge in [0.1, 0.15) is 18.1 Å². The summed E-state index contributed by atoms with van der Waals surface area (Å²) in [6, 6.07) is 1.23. The topological polar surface area (TPSA) is 95.1 Å². The van der Waals surface area contributed by atoms with Gasteiger partial charge in [-0.1, -0.05) is 0 Å². The highest BCUT2D eigenvalue weighted by molar-refractivity contribution is 5.98. The lowest BCUT2D eigenvalue weighted by Crippen LogP contribution is -2.54. The zero-order valence-electron chi connectivity index (χ0n) is 7.16. The molecular weight excluding hydrogens is 174 g/mol. The van der Waals surface area contributed by atoms with Crippen molar-refractivity contribution in [3.63, 3.8) is 0 Å². The van der Waals surface area contributed by atoms with E-state index in [1.807, 2.05) is 0 Å². The molecule has 1 rings (SSSR count). The van der Waals surface area contributed by atoms with Crippen molar-refractivity contribution < 1.29 is 20.1 Å². The Balaban J connectivity index is 3.38. The Hall–Kier alpha value is -1.62. The number of carbonyl (C=O) groups excluding carboxylic acids is 1. The lowest BCUT2D eigenvalue weighted by atomic mass is 10.1. The molecular formula is C8H10NO4+. The minimum absolute atomic E-state index is 0.0820. The number of aryl methyl sites for hydroxylation is 1. The summed E-state index contributed by atoms with van der Waals surface area (Å²) in [6.07, 6.45) is 0. The molecule has 0 saturated heterocycles. The van der Waals surface area contributed by atoms with E-state index in [1.54, 1.807) is 0 Å². The molecule has 0 aromatic carbocycles. The van der Waals surface area contributed by atoms with E-state index in [-0.39, 0.29) is 23.6 Å². The fourth-order valence-electron chi connectivity index (χ4n) is 0.978. The van der Waals surface area contributed by atoms with Crippen LogP contribution >= 0.6 is 0 Å². The van der Waals surface area contributed by atoms with Crippen molar-refractivity contribution in [1.82, 2.24) is 0 Å². The third kappa shape index (κ3) is 1.75. The summed E-state index contributed by atoms with van der Waals surface area (Å²) in [5.41, 5.74) is 2.19. The Morgan fingerprint density at radius 2 is 2.31 bits per heavy atom. The van der Waals surface area contributed by atoms with Crippen LogP contribution in [0, 0.1) is 6.92 Å². The molecule has 1 aromatic heterocycles. The van der Waals surface area contributed by atoms with Crippen LogP contribution in [0.25, 0.3) is 0 Å². The lowest BCUT2D eigenvalue weighted by Gasteiger charge is -1.99. The van der Waals surface area contributed by atoms with Crippen LogP contribution in [-0.2, 0) is 0 Å². The molecule has 0 aliphatic heterocycles. The Kier molecular flexibility index (Phi) is 2.48. The molecule has 13 heavy (non-hydrogen) atoms. The van der Waals surface area contributed by atoms with Crippen LogP contribution < -0.4 is 11.4 Å². The van der Waals surface area contributed by atoms with Crippen LogP contribution in [0.2, 0.25) is 0 Å². The van der Waals surface area contributed by atoms with Crippen molar-refractivity contribution >= 4 is 5.78 Å². The van der Waals surface area contributed by atoms with Crippen molar-refractivity contribution in [2.75, 3.05) is 6.54 Å². The average Bonchev–Trinajstić information content (AvgIpc) is 2.02. The second-order valence-electron chi connectivity index (χ2n) is 2.58. The molecule has 0 bridgehead atoms. The van der Waals surface area contributed by atoms with E-state index in [4.69, 9.17) is 0 Å². The summed E-state index contributed by atoms with van der Waals surface area (Å²) in [5.74, 6) is -0.600. The van der Waals surface area contributed by atoms with Gasteiger partial charge in [-0.2, -0.15) is 0 Å². The van der Waals surface area contributed by atoms with Crippen LogP contribution in [-0.4, -0.2) is 17.4 Å². The first-order valence-corrected chi connectivity index (χ1v) is 3.72. The molecule has 0 fully saturated rings. The highest BCUT2D eigenvalue weighted by Crippen LogP contribution is 2.13. The number of hydrogen-bond acceptors (Lipinski definition) is 4. The number of quaternary nitrogens is 1. The molecule has 0 atom stereocenters. The number of Topliss-reactive ketones (excluding diaryl/α,β-unsaturated/α-hetero) is 1. The molecule has 1 aromatic rings. The summed E-state index contributed by atoms with van der Waals surface area (Å²) >= 11 is 0. The highest BCUT2D eigenvalue weighted by atomic mass is 16.4. The van der Waals surface area contributed by atoms with Crippen molar-refractivity contribution in [3.05, 3.63) is 27.8 Å². The zero-order chi connectivity index (χ0) is 10.0. The summed E-state index contributed by atoms with van der Waals surface area (Å²) in [5, 5.41) is 9.27. The van der Waals surface area contributed by atoms with Crippen molar-refractivity contribution in [3.8, 4) is 5.75 Å². The number of hydrogen-bond donors (Lipinski definition) is 2. The largest absolute Gasteiger partial charge is 0.507 e. The molecule has 0 aliphatic rings. The molecule has 0 unspecified atom stereocenters. The van der Waals surface area contributed by atoms with E-state index in [1.165, 1.54) is 13.0 Å². The molecule has 0 amide bonds. The van der Waals surface area contributed by atoms with Gasteiger partial charge in [0.25, 0.3) is 0 Å². The van der Waals surface area contributed by atoms with Crippen LogP contribution in [0.3, 0.4) is 0 Å². The maximum absolute atomic E-state index is 11.1. The Labute approximate surface area is 73.8 Å². The molecule has 0 saturated carbocycles. The smallest absolute Gasteiger partial charge is 0.350 e. The first kappa shape index (κ1) is 9.47. The first-order chi connectivity index (χ1) is 6.06. The highest BCUT2D eigenvalue weighted by Gasteiger charge is 2.17. The SMILES string of the molecule is Cc1cc(O)c(C(=O)C[NH3+])c(=O)o1. The van der Waals surface area contributed by atoms with Crippen LogP contribution in [0.5, 0.6) is 5.75 Å². The number of ketones is 1. The molecule has 0 spiro atoms. The fourth-order valence-corrected chi connectivity index (χ4v) is 0.978. The molecule has 0 radical (unpaired) electrons. The fraction of sp³-hybridized carbons (Fsp3) is 0.250. The van der Waals surface area contributed by atoms with Gasteiger partial charge >= 0.3 is 5.63 Å². The number of carbonyl (C=O) groups is 1. The summed E-state index contributed by atoms with van der Waals surface area (Å²) < 4.78 is 4.65. The predicted molar refractivity (Wildman–Crippen MR) is 43.5 cm³/mol. The second kappa shape index (κ2) is 3.40. The average molecular weight is 184 g/mol. The lowest BCUT2D eigenvalue weighted by molar-refractivity contribution is -0.349. The Morgan fingerprint density at radius 1 is 1.69 bits per heavy atom. The molecule has 1 heterocycles. The number of rotatable bonds is 2. The van der Waals surface area contributed by atoms with Crippen LogP contribution in [0.4, 0.5) is 0 Å². The quantitative estimate of drug-likeness (QED) is 0.581. The maximum Gasteiger partial charge on any atom is 0.350 e. The van der Waals surface area contributed by atoms with Gasteiger partial charge in [-0.15, -0.1) is 0 Å². The third-order valence-electron chi connectivity index (χ3n) is 1.56. The Bertz CT molecular complexity index is 394. The van der Waals surface area contributed by atoms with E-state index in [2.05, 4.69) is 10.2 Å². The summed E-state index contributed by atoms with van der Waals surface area (Å²) in [7, 11) is 0. The van der Waals surface area contributed by atoms with Gasteiger partial charge in [0.05, 0.1) is 0 Å². The van der Waals surface area contributed by atoms with E-state index in [0.717, 1.165) is 0 Å². The minimum Gasteiger partial charge on any atom is -0.507 e. The molecule has 5 nitrogen and oxygen atoms in total. The van der Waals surface area contributed by atoms with Crippen molar-refractivity contribution in [1.29, 1.82) is 0 Å². The van der Waals surface area contributed by atoms with Gasteiger partial charge in [0, 0.05) is 6.07 Å². The molecule has 70 valence electrons. The van der Waals surface area contributed by atoms with Gasteiger partial charge in [0.15, 0.2) is 5.56 Å². The molecule has 5 heteroatoms. The minimum atomic E-state index is -0.814. The van der Waals surface area contributed by atoms with E-state index in [0.29, 0.717) is 0 Å². The first-order valence-electron chi connectivity index (χ1n) is 3.72. The standard InChI is InChI=1S/C8H9NO4/c1-4-2-5(10)7(6(11)3-9)8(12)13-4/h2,10H,3,9H2,1H3/p+1. The van der Waals surface area contributed by atoms with Crippen molar-refractivity contribution in [2.45, 2.75) is 6.92 Å². The predicted octanol–water partition coefficient (Wildman–Crippen LogP) is -0.922. The molecule has 0 aliphatic carbocycles. The zero-order valence-corrected chi connectivity index (χ0v) is 7.16. The van der Waals surface area contributed by atoms with Crippen LogP contribution in [0.15, 0.2) is 15.3 Å². The van der Waals surface area contributed by atoms with Crippen LogP contribution in [0.1, 0.15) is 16.1 Å². The van der Waals surface area contributed by atoms with Gasteiger partial charge in [0.2, 0.25) is 5.78 Å². The summed E-state index contributed by atoms with van der Waals surface area (Å²) in [6.45, 7) is 1.43. The summed E-state index contributed by atoms with van der Waals surface area (Å²) in [4.78, 5) is 22.2.